The molecule has 0 fully saturated rings. The van der Waals surface area contributed by atoms with Gasteiger partial charge in [0.05, 0.1) is 11.6 Å². The Bertz CT molecular complexity index is 1720. The molecule has 1 aromatic heterocycles. The second kappa shape index (κ2) is 17.0. The highest BCUT2D eigenvalue weighted by Crippen LogP contribution is 2.27. The van der Waals surface area contributed by atoms with Gasteiger partial charge in [-0.15, -0.1) is 0 Å². The number of carbonyl (C=O) groups is 3. The molecule has 4 N–H and O–H groups in total. The lowest BCUT2D eigenvalue weighted by atomic mass is 9.92. The molecule has 2 aromatic carbocycles. The van der Waals surface area contributed by atoms with E-state index >= 15 is 0 Å². The van der Waals surface area contributed by atoms with Crippen molar-refractivity contribution in [1.82, 2.24) is 30.5 Å². The largest absolute Gasteiger partial charge is 0.492 e. The van der Waals surface area contributed by atoms with Gasteiger partial charge in [-0.05, 0) is 74.6 Å². The van der Waals surface area contributed by atoms with Crippen molar-refractivity contribution in [2.45, 2.75) is 59.4 Å². The lowest BCUT2D eigenvalue weighted by Gasteiger charge is -2.33. The number of ether oxygens (including phenoxy) is 3. The molecular formula is C34H42ClF3N8O6. The Labute approximate surface area is 304 Å². The Morgan fingerprint density at radius 3 is 2.42 bits per heavy atom. The Kier molecular flexibility index (Phi) is 13.0. The number of nitrogens with zero attached hydrogens (tertiary/aromatic N) is 4. The van der Waals surface area contributed by atoms with Crippen molar-refractivity contribution in [3.05, 3.63) is 58.6 Å². The Morgan fingerprint density at radius 1 is 1.04 bits per heavy atom. The first kappa shape index (κ1) is 39.7. The number of alkyl carbamates (subject to hydrolysis) is 1. The van der Waals surface area contributed by atoms with Crippen LogP contribution in [0, 0.1) is 5.41 Å². The standard InChI is InChI=1S/C34H42ClF3N8O6/c1-32(2,3)52-31(49)40-17-26(47)46-13-6-14-50-25-12-7-21(15-24(25)35)16-39-28-43-29(45-30(44-28)51-20-34(36,37)38)42-23-10-8-22(9-11-23)27(48)41-18-33(4,5)19-46/h7-12,15H,6,13-14,16-20H2,1-5H3,(H,40,49)(H,41,48)(H2,39,42,43,44,45). The summed E-state index contributed by atoms with van der Waals surface area (Å²) in [6.45, 7) is 8.14. The predicted molar refractivity (Wildman–Crippen MR) is 187 cm³/mol. The van der Waals surface area contributed by atoms with Crippen molar-refractivity contribution < 1.29 is 41.8 Å². The van der Waals surface area contributed by atoms with E-state index in [4.69, 9.17) is 25.8 Å². The molecule has 3 aromatic rings. The highest BCUT2D eigenvalue weighted by Gasteiger charge is 2.30. The van der Waals surface area contributed by atoms with E-state index < -0.39 is 35.9 Å². The summed E-state index contributed by atoms with van der Waals surface area (Å²) in [6.07, 6.45) is -4.91. The SMILES string of the molecule is CC1(C)CNC(=O)c2ccc(cc2)Nc2nc(nc(OCC(F)(F)F)n2)NCc2ccc(c(Cl)c2)OCCCN(C(=O)CNC(=O)OC(C)(C)C)C1. The Balaban J connectivity index is 1.56. The molecule has 282 valence electrons. The summed E-state index contributed by atoms with van der Waals surface area (Å²) in [4.78, 5) is 52.4. The van der Waals surface area contributed by atoms with Gasteiger partial charge in [0.15, 0.2) is 6.61 Å². The molecular weight excluding hydrogens is 709 g/mol. The average molecular weight is 751 g/mol. The van der Waals surface area contributed by atoms with Crippen LogP contribution in [-0.2, 0) is 16.1 Å². The normalized spacial score (nSPS) is 15.6. The van der Waals surface area contributed by atoms with Gasteiger partial charge in [-0.2, -0.15) is 28.1 Å². The van der Waals surface area contributed by atoms with Gasteiger partial charge in [0.25, 0.3) is 5.91 Å². The van der Waals surface area contributed by atoms with E-state index in [1.54, 1.807) is 68.1 Å². The van der Waals surface area contributed by atoms with E-state index in [1.165, 1.54) is 0 Å². The van der Waals surface area contributed by atoms with Crippen LogP contribution in [0.2, 0.25) is 5.02 Å². The summed E-state index contributed by atoms with van der Waals surface area (Å²) in [5.74, 6) is -0.492. The van der Waals surface area contributed by atoms with Crippen molar-refractivity contribution in [1.29, 1.82) is 0 Å². The van der Waals surface area contributed by atoms with E-state index in [0.29, 0.717) is 34.0 Å². The topological polar surface area (TPSA) is 169 Å². The zero-order valence-corrected chi connectivity index (χ0v) is 30.2. The van der Waals surface area contributed by atoms with Gasteiger partial charge in [0, 0.05) is 37.4 Å². The quantitative estimate of drug-likeness (QED) is 0.258. The number of amides is 3. The second-order valence-corrected chi connectivity index (χ2v) is 14.1. The molecule has 0 radical (unpaired) electrons. The number of hydrogen-bond donors (Lipinski definition) is 4. The Morgan fingerprint density at radius 2 is 1.75 bits per heavy atom. The number of alkyl halides is 3. The summed E-state index contributed by atoms with van der Waals surface area (Å²) in [6, 6.07) is 10.8. The fourth-order valence-electron chi connectivity index (χ4n) is 4.79. The van der Waals surface area contributed by atoms with Gasteiger partial charge in [-0.1, -0.05) is 31.5 Å². The van der Waals surface area contributed by atoms with Gasteiger partial charge in [-0.3, -0.25) is 9.59 Å². The zero-order chi connectivity index (χ0) is 38.1. The maximum absolute atomic E-state index is 13.3. The van der Waals surface area contributed by atoms with E-state index in [-0.39, 0.29) is 63.0 Å². The number of nitrogens with one attached hydrogen (secondary N) is 4. The smallest absolute Gasteiger partial charge is 0.422 e. The molecule has 0 aliphatic carbocycles. The van der Waals surface area contributed by atoms with Crippen LogP contribution >= 0.6 is 11.6 Å². The summed E-state index contributed by atoms with van der Waals surface area (Å²) in [7, 11) is 0. The number of aromatic nitrogens is 3. The van der Waals surface area contributed by atoms with Crippen LogP contribution in [0.1, 0.15) is 57.0 Å². The first-order chi connectivity index (χ1) is 24.3. The molecule has 52 heavy (non-hydrogen) atoms. The average Bonchev–Trinajstić information content (AvgIpc) is 3.05. The summed E-state index contributed by atoms with van der Waals surface area (Å²) in [5, 5.41) is 11.5. The zero-order valence-electron chi connectivity index (χ0n) is 29.4. The van der Waals surface area contributed by atoms with Crippen LogP contribution in [0.3, 0.4) is 0 Å². The molecule has 4 aliphatic heterocycles. The highest BCUT2D eigenvalue weighted by molar-refractivity contribution is 6.32. The third-order valence-corrected chi connectivity index (χ3v) is 7.44. The van der Waals surface area contributed by atoms with Gasteiger partial charge in [-0.25, -0.2) is 4.79 Å². The lowest BCUT2D eigenvalue weighted by Crippen LogP contribution is -2.48. The second-order valence-electron chi connectivity index (χ2n) is 13.7. The molecule has 3 amide bonds. The molecule has 0 saturated carbocycles. The summed E-state index contributed by atoms with van der Waals surface area (Å²) < 4.78 is 54.6. The number of halogens is 4. The number of hydrogen-bond acceptors (Lipinski definition) is 11. The molecule has 14 nitrogen and oxygen atoms in total. The van der Waals surface area contributed by atoms with Gasteiger partial charge >= 0.3 is 18.3 Å². The Hall–Kier alpha value is -5.06. The molecule has 0 atom stereocenters. The molecule has 4 aliphatic rings. The van der Waals surface area contributed by atoms with Crippen LogP contribution < -0.4 is 30.7 Å². The fourth-order valence-corrected chi connectivity index (χ4v) is 5.04. The first-order valence-electron chi connectivity index (χ1n) is 16.3. The summed E-state index contributed by atoms with van der Waals surface area (Å²) in [5.41, 5.74) is 0.125. The van der Waals surface area contributed by atoms with Crippen LogP contribution in [0.15, 0.2) is 42.5 Å². The predicted octanol–water partition coefficient (Wildman–Crippen LogP) is 5.71. The van der Waals surface area contributed by atoms with Crippen molar-refractivity contribution in [3.8, 4) is 11.8 Å². The molecule has 0 saturated heterocycles. The third kappa shape index (κ3) is 13.2. The van der Waals surface area contributed by atoms with Crippen LogP contribution in [0.4, 0.5) is 35.5 Å². The minimum absolute atomic E-state index is 0.0698. The minimum Gasteiger partial charge on any atom is -0.492 e. The summed E-state index contributed by atoms with van der Waals surface area (Å²) >= 11 is 6.50. The van der Waals surface area contributed by atoms with Gasteiger partial charge < -0.3 is 40.4 Å². The lowest BCUT2D eigenvalue weighted by molar-refractivity contribution is -0.154. The van der Waals surface area contributed by atoms with Crippen LogP contribution in [-0.4, -0.2) is 88.9 Å². The number of benzene rings is 2. The number of anilines is 3. The number of carbonyl (C=O) groups excluding carboxylic acids is 3. The fraction of sp³-hybridized carbons (Fsp3) is 0.471. The van der Waals surface area contributed by atoms with Crippen molar-refractivity contribution in [3.63, 3.8) is 0 Å². The maximum atomic E-state index is 13.3. The molecule has 18 heteroatoms. The van der Waals surface area contributed by atoms with E-state index in [0.717, 1.165) is 0 Å². The first-order valence-corrected chi connectivity index (χ1v) is 16.7. The van der Waals surface area contributed by atoms with Gasteiger partial charge in [0.1, 0.15) is 17.9 Å². The molecule has 0 spiro atoms. The van der Waals surface area contributed by atoms with Crippen molar-refractivity contribution in [2.75, 3.05) is 50.0 Å². The minimum atomic E-state index is -4.61. The molecule has 5 heterocycles. The van der Waals surface area contributed by atoms with Gasteiger partial charge in [0.2, 0.25) is 17.8 Å². The molecule has 7 rings (SSSR count). The van der Waals surface area contributed by atoms with Crippen molar-refractivity contribution >= 4 is 47.1 Å². The maximum Gasteiger partial charge on any atom is 0.422 e. The van der Waals surface area contributed by atoms with Crippen LogP contribution in [0.5, 0.6) is 11.8 Å². The number of rotatable bonds is 4. The van der Waals surface area contributed by atoms with E-state index in [1.807, 2.05) is 13.8 Å². The van der Waals surface area contributed by atoms with E-state index in [2.05, 4.69) is 36.2 Å². The third-order valence-electron chi connectivity index (χ3n) is 7.14. The highest BCUT2D eigenvalue weighted by atomic mass is 35.5. The van der Waals surface area contributed by atoms with Crippen LogP contribution in [0.25, 0.3) is 0 Å². The molecule has 0 unspecified atom stereocenters. The van der Waals surface area contributed by atoms with Crippen molar-refractivity contribution in [2.24, 2.45) is 5.41 Å². The molecule has 6 bridgehead atoms. The van der Waals surface area contributed by atoms with E-state index in [9.17, 15) is 27.6 Å². The monoisotopic (exact) mass is 750 g/mol.